The van der Waals surface area contributed by atoms with Crippen molar-refractivity contribution in [3.63, 3.8) is 0 Å². The molecule has 2 amide bonds. The highest BCUT2D eigenvalue weighted by atomic mass is 35.5. The summed E-state index contributed by atoms with van der Waals surface area (Å²) in [5, 5.41) is 3.89. The van der Waals surface area contributed by atoms with Gasteiger partial charge in [0.2, 0.25) is 5.82 Å². The van der Waals surface area contributed by atoms with Gasteiger partial charge in [0.15, 0.2) is 5.82 Å². The Morgan fingerprint density at radius 3 is 2.31 bits per heavy atom. The minimum Gasteiger partial charge on any atom is -0.335 e. The zero-order valence-electron chi connectivity index (χ0n) is 17.4. The molecule has 0 bridgehead atoms. The largest absolute Gasteiger partial charge is 0.335 e. The Hall–Kier alpha value is -2.97. The van der Waals surface area contributed by atoms with E-state index in [1.54, 1.807) is 14.5 Å². The van der Waals surface area contributed by atoms with Gasteiger partial charge in [-0.05, 0) is 38.1 Å². The highest BCUT2D eigenvalue weighted by molar-refractivity contribution is 6.35. The van der Waals surface area contributed by atoms with Gasteiger partial charge < -0.3 is 9.80 Å². The van der Waals surface area contributed by atoms with Gasteiger partial charge in [-0.25, -0.2) is 14.1 Å². The molecule has 166 valence electrons. The van der Waals surface area contributed by atoms with Gasteiger partial charge in [-0.15, -0.1) is 5.10 Å². The third-order valence-electron chi connectivity index (χ3n) is 5.37. The van der Waals surface area contributed by atoms with E-state index in [4.69, 9.17) is 23.2 Å². The number of amides is 2. The Morgan fingerprint density at radius 2 is 1.69 bits per heavy atom. The number of rotatable bonds is 3. The summed E-state index contributed by atoms with van der Waals surface area (Å²) in [6, 6.07) is 11.9. The molecule has 3 aromatic rings. The predicted molar refractivity (Wildman–Crippen MR) is 119 cm³/mol. The summed E-state index contributed by atoms with van der Waals surface area (Å²) in [4.78, 5) is 33.5. The van der Waals surface area contributed by atoms with Crippen molar-refractivity contribution in [2.75, 3.05) is 19.6 Å². The van der Waals surface area contributed by atoms with Gasteiger partial charge in [-0.1, -0.05) is 41.4 Å². The van der Waals surface area contributed by atoms with Crippen molar-refractivity contribution >= 4 is 35.0 Å². The molecule has 7 nitrogen and oxygen atoms in total. The van der Waals surface area contributed by atoms with E-state index in [1.807, 2.05) is 44.2 Å². The number of piperazine rings is 1. The van der Waals surface area contributed by atoms with Gasteiger partial charge in [-0.2, -0.15) is 0 Å². The van der Waals surface area contributed by atoms with Crippen LogP contribution in [0, 0.1) is 5.82 Å². The van der Waals surface area contributed by atoms with Crippen LogP contribution in [0.25, 0.3) is 5.69 Å². The van der Waals surface area contributed by atoms with Gasteiger partial charge in [0, 0.05) is 25.2 Å². The zero-order valence-corrected chi connectivity index (χ0v) is 18.9. The lowest BCUT2D eigenvalue weighted by molar-refractivity contribution is 0.0160. The Morgan fingerprint density at radius 1 is 1.03 bits per heavy atom. The standard InChI is InChI=1S/C22H20Cl2FN5O2/c1-22(2)12-28(20(31)14-10-16(23)18(25)17(24)11-14)8-9-29(22)21(32)19-26-13-30(27-19)15-6-4-3-5-7-15/h3-7,10-11,13H,8-9,12H2,1-2H3. The van der Waals surface area contributed by atoms with Crippen molar-refractivity contribution in [1.82, 2.24) is 24.6 Å². The topological polar surface area (TPSA) is 71.3 Å². The number of aromatic nitrogens is 3. The van der Waals surface area contributed by atoms with Gasteiger partial charge in [0.05, 0.1) is 21.3 Å². The molecule has 4 rings (SSSR count). The number of hydrogen-bond donors (Lipinski definition) is 0. The number of nitrogens with zero attached hydrogens (tertiary/aromatic N) is 5. The number of halogens is 3. The van der Waals surface area contributed by atoms with Crippen molar-refractivity contribution in [3.8, 4) is 5.69 Å². The molecule has 0 spiro atoms. The van der Waals surface area contributed by atoms with Crippen molar-refractivity contribution in [2.45, 2.75) is 19.4 Å². The lowest BCUT2D eigenvalue weighted by Gasteiger charge is -2.46. The zero-order chi connectivity index (χ0) is 23.0. The second-order valence-electron chi connectivity index (χ2n) is 8.10. The number of hydrogen-bond acceptors (Lipinski definition) is 4. The first-order valence-corrected chi connectivity index (χ1v) is 10.7. The number of benzene rings is 2. The Balaban J connectivity index is 1.50. The second kappa shape index (κ2) is 8.52. The van der Waals surface area contributed by atoms with Gasteiger partial charge in [0.1, 0.15) is 6.33 Å². The van der Waals surface area contributed by atoms with E-state index < -0.39 is 11.4 Å². The SMILES string of the molecule is CC1(C)CN(C(=O)c2cc(Cl)c(F)c(Cl)c2)CCN1C(=O)c1ncn(-c2ccccc2)n1. The molecule has 1 aliphatic heterocycles. The number of carbonyl (C=O) groups is 2. The molecular formula is C22H20Cl2FN5O2. The van der Waals surface area contributed by atoms with Crippen LogP contribution >= 0.6 is 23.2 Å². The van der Waals surface area contributed by atoms with Crippen LogP contribution in [0.1, 0.15) is 34.8 Å². The molecule has 1 aromatic heterocycles. The first-order chi connectivity index (χ1) is 15.2. The van der Waals surface area contributed by atoms with Crippen molar-refractivity contribution in [3.05, 3.63) is 76.0 Å². The fourth-order valence-electron chi connectivity index (χ4n) is 3.75. The average Bonchev–Trinajstić information content (AvgIpc) is 3.26. The van der Waals surface area contributed by atoms with Crippen LogP contribution < -0.4 is 0 Å². The maximum absolute atomic E-state index is 13.7. The quantitative estimate of drug-likeness (QED) is 0.534. The molecule has 1 saturated heterocycles. The molecule has 0 saturated carbocycles. The molecule has 0 atom stereocenters. The maximum Gasteiger partial charge on any atom is 0.294 e. The molecule has 32 heavy (non-hydrogen) atoms. The molecule has 1 aliphatic rings. The molecule has 0 radical (unpaired) electrons. The fourth-order valence-corrected chi connectivity index (χ4v) is 4.24. The van der Waals surface area contributed by atoms with Gasteiger partial charge in [-0.3, -0.25) is 9.59 Å². The van der Waals surface area contributed by atoms with Crippen molar-refractivity contribution in [1.29, 1.82) is 0 Å². The van der Waals surface area contributed by atoms with Crippen LogP contribution in [0.3, 0.4) is 0 Å². The Labute approximate surface area is 194 Å². The van der Waals surface area contributed by atoms with Crippen molar-refractivity contribution in [2.24, 2.45) is 0 Å². The molecule has 0 N–H and O–H groups in total. The smallest absolute Gasteiger partial charge is 0.294 e. The minimum absolute atomic E-state index is 0.0822. The third-order valence-corrected chi connectivity index (χ3v) is 5.92. The van der Waals surface area contributed by atoms with Crippen LogP contribution in [-0.2, 0) is 0 Å². The Kier molecular flexibility index (Phi) is 5.92. The van der Waals surface area contributed by atoms with E-state index in [1.165, 1.54) is 18.5 Å². The predicted octanol–water partition coefficient (Wildman–Crippen LogP) is 4.09. The summed E-state index contributed by atoms with van der Waals surface area (Å²) in [6.45, 7) is 4.58. The normalized spacial score (nSPS) is 15.7. The van der Waals surface area contributed by atoms with Gasteiger partial charge in [0.25, 0.3) is 11.8 Å². The molecule has 2 heterocycles. The molecule has 0 aliphatic carbocycles. The number of para-hydroxylation sites is 1. The summed E-state index contributed by atoms with van der Waals surface area (Å²) < 4.78 is 15.2. The highest BCUT2D eigenvalue weighted by Crippen LogP contribution is 2.28. The first kappa shape index (κ1) is 22.2. The van der Waals surface area contributed by atoms with E-state index in [0.717, 1.165) is 5.69 Å². The lowest BCUT2D eigenvalue weighted by atomic mass is 9.97. The summed E-state index contributed by atoms with van der Waals surface area (Å²) in [7, 11) is 0. The van der Waals surface area contributed by atoms with E-state index in [9.17, 15) is 14.0 Å². The van der Waals surface area contributed by atoms with Crippen LogP contribution in [0.4, 0.5) is 4.39 Å². The molecule has 0 unspecified atom stereocenters. The second-order valence-corrected chi connectivity index (χ2v) is 8.91. The molecular weight excluding hydrogens is 456 g/mol. The maximum atomic E-state index is 13.7. The van der Waals surface area contributed by atoms with E-state index >= 15 is 0 Å². The van der Waals surface area contributed by atoms with E-state index in [2.05, 4.69) is 10.1 Å². The fraction of sp³-hybridized carbons (Fsp3) is 0.273. The summed E-state index contributed by atoms with van der Waals surface area (Å²) in [6.07, 6.45) is 1.50. The van der Waals surface area contributed by atoms with Gasteiger partial charge >= 0.3 is 0 Å². The van der Waals surface area contributed by atoms with E-state index in [-0.39, 0.29) is 39.8 Å². The average molecular weight is 476 g/mol. The van der Waals surface area contributed by atoms with Crippen LogP contribution in [0.5, 0.6) is 0 Å². The summed E-state index contributed by atoms with van der Waals surface area (Å²) in [5.41, 5.74) is 0.308. The monoisotopic (exact) mass is 475 g/mol. The van der Waals surface area contributed by atoms with Crippen LogP contribution in [0.2, 0.25) is 10.0 Å². The molecule has 1 fully saturated rings. The summed E-state index contributed by atoms with van der Waals surface area (Å²) in [5.74, 6) is -1.33. The summed E-state index contributed by atoms with van der Waals surface area (Å²) >= 11 is 11.7. The minimum atomic E-state index is -0.761. The third kappa shape index (κ3) is 4.20. The Bertz CT molecular complexity index is 1160. The van der Waals surface area contributed by atoms with Crippen LogP contribution in [-0.4, -0.2) is 61.6 Å². The van der Waals surface area contributed by atoms with Crippen molar-refractivity contribution < 1.29 is 14.0 Å². The number of carbonyl (C=O) groups excluding carboxylic acids is 2. The van der Waals surface area contributed by atoms with Crippen LogP contribution in [0.15, 0.2) is 48.8 Å². The van der Waals surface area contributed by atoms with E-state index in [0.29, 0.717) is 13.1 Å². The highest BCUT2D eigenvalue weighted by Gasteiger charge is 2.40. The molecule has 2 aromatic carbocycles. The first-order valence-electron chi connectivity index (χ1n) is 9.90. The lowest BCUT2D eigenvalue weighted by Crippen LogP contribution is -2.62. The molecule has 10 heteroatoms.